The van der Waals surface area contributed by atoms with Crippen molar-refractivity contribution in [2.45, 2.75) is 13.0 Å². The number of rotatable bonds is 5. The Balaban J connectivity index is 2.21. The van der Waals surface area contributed by atoms with Crippen molar-refractivity contribution in [1.29, 1.82) is 0 Å². The van der Waals surface area contributed by atoms with Crippen LogP contribution >= 0.6 is 22.6 Å². The summed E-state index contributed by atoms with van der Waals surface area (Å²) in [6, 6.07) is 17.0. The number of methoxy groups -OCH3 is 1. The summed E-state index contributed by atoms with van der Waals surface area (Å²) in [5.74, 6) is 0. The fourth-order valence-corrected chi connectivity index (χ4v) is 2.70. The highest BCUT2D eigenvalue weighted by Crippen LogP contribution is 2.24. The Hall–Kier alpha value is -1.07. The van der Waals surface area contributed by atoms with Crippen LogP contribution in [0.25, 0.3) is 0 Å². The number of ether oxygens (including phenoxy) is 1. The fourth-order valence-electron chi connectivity index (χ4n) is 2.05. The van der Waals surface area contributed by atoms with E-state index in [1.807, 2.05) is 6.07 Å². The molecule has 100 valence electrons. The number of hydrogen-bond donors (Lipinski definition) is 1. The van der Waals surface area contributed by atoms with E-state index in [4.69, 9.17) is 4.74 Å². The summed E-state index contributed by atoms with van der Waals surface area (Å²) in [4.78, 5) is 0. The van der Waals surface area contributed by atoms with Crippen molar-refractivity contribution < 1.29 is 4.74 Å². The van der Waals surface area contributed by atoms with Gasteiger partial charge in [0.25, 0.3) is 0 Å². The van der Waals surface area contributed by atoms with E-state index in [0.717, 1.165) is 5.69 Å². The molecule has 0 aliphatic rings. The van der Waals surface area contributed by atoms with Crippen molar-refractivity contribution in [3.8, 4) is 0 Å². The van der Waals surface area contributed by atoms with Gasteiger partial charge in [0.05, 0.1) is 12.6 Å². The first-order valence-corrected chi connectivity index (χ1v) is 7.35. The molecule has 2 rings (SSSR count). The molecule has 2 aromatic carbocycles. The van der Waals surface area contributed by atoms with Gasteiger partial charge in [-0.2, -0.15) is 0 Å². The molecule has 0 amide bonds. The van der Waals surface area contributed by atoms with Crippen molar-refractivity contribution in [1.82, 2.24) is 0 Å². The number of anilines is 1. The van der Waals surface area contributed by atoms with Gasteiger partial charge < -0.3 is 10.1 Å². The average molecular weight is 367 g/mol. The number of halogens is 1. The molecule has 2 nitrogen and oxygen atoms in total. The molecule has 0 aliphatic heterocycles. The molecule has 0 heterocycles. The minimum Gasteiger partial charge on any atom is -0.382 e. The molecule has 19 heavy (non-hydrogen) atoms. The third kappa shape index (κ3) is 3.94. The molecule has 0 bridgehead atoms. The van der Waals surface area contributed by atoms with E-state index in [-0.39, 0.29) is 6.04 Å². The van der Waals surface area contributed by atoms with Crippen LogP contribution in [-0.2, 0) is 4.74 Å². The molecule has 0 aliphatic carbocycles. The molecule has 0 aromatic heterocycles. The van der Waals surface area contributed by atoms with Crippen molar-refractivity contribution in [2.75, 3.05) is 19.0 Å². The van der Waals surface area contributed by atoms with Crippen molar-refractivity contribution in [3.63, 3.8) is 0 Å². The summed E-state index contributed by atoms with van der Waals surface area (Å²) in [5.41, 5.74) is 3.65. The molecule has 0 spiro atoms. The van der Waals surface area contributed by atoms with E-state index in [0.29, 0.717) is 6.61 Å². The minimum absolute atomic E-state index is 0.171. The van der Waals surface area contributed by atoms with Gasteiger partial charge in [0.1, 0.15) is 0 Å². The second-order valence-electron chi connectivity index (χ2n) is 4.52. The van der Waals surface area contributed by atoms with Gasteiger partial charge in [0, 0.05) is 16.4 Å². The highest BCUT2D eigenvalue weighted by Gasteiger charge is 2.11. The monoisotopic (exact) mass is 367 g/mol. The summed E-state index contributed by atoms with van der Waals surface area (Å²) >= 11 is 2.33. The van der Waals surface area contributed by atoms with E-state index < -0.39 is 0 Å². The molecular formula is C16H18INO. The van der Waals surface area contributed by atoms with Crippen LogP contribution in [0, 0.1) is 10.5 Å². The van der Waals surface area contributed by atoms with Gasteiger partial charge in [-0.1, -0.05) is 30.3 Å². The Morgan fingerprint density at radius 1 is 1.16 bits per heavy atom. The smallest absolute Gasteiger partial charge is 0.0747 e. The third-order valence-corrected chi connectivity index (χ3v) is 3.72. The maximum Gasteiger partial charge on any atom is 0.0747 e. The van der Waals surface area contributed by atoms with Gasteiger partial charge in [-0.25, -0.2) is 0 Å². The Morgan fingerprint density at radius 2 is 1.89 bits per heavy atom. The lowest BCUT2D eigenvalue weighted by molar-refractivity contribution is 0.186. The average Bonchev–Trinajstić information content (AvgIpc) is 2.42. The molecular weight excluding hydrogens is 349 g/mol. The van der Waals surface area contributed by atoms with Crippen molar-refractivity contribution in [2.24, 2.45) is 0 Å². The molecule has 1 atom stereocenters. The van der Waals surface area contributed by atoms with Gasteiger partial charge in [-0.3, -0.25) is 0 Å². The van der Waals surface area contributed by atoms with E-state index in [2.05, 4.69) is 77.3 Å². The highest BCUT2D eigenvalue weighted by molar-refractivity contribution is 14.1. The summed E-state index contributed by atoms with van der Waals surface area (Å²) < 4.78 is 6.58. The lowest BCUT2D eigenvalue weighted by atomic mass is 10.1. The predicted molar refractivity (Wildman–Crippen MR) is 88.6 cm³/mol. The summed E-state index contributed by atoms with van der Waals surface area (Å²) in [7, 11) is 1.73. The van der Waals surface area contributed by atoms with Crippen LogP contribution in [0.15, 0.2) is 48.5 Å². The molecule has 0 saturated heterocycles. The van der Waals surface area contributed by atoms with Gasteiger partial charge >= 0.3 is 0 Å². The first-order chi connectivity index (χ1) is 9.20. The van der Waals surface area contributed by atoms with Crippen LogP contribution in [0.3, 0.4) is 0 Å². The lowest BCUT2D eigenvalue weighted by Crippen LogP contribution is -2.16. The molecule has 1 N–H and O–H groups in total. The maximum atomic E-state index is 5.33. The molecule has 0 saturated carbocycles. The Morgan fingerprint density at radius 3 is 2.53 bits per heavy atom. The maximum absolute atomic E-state index is 5.33. The zero-order valence-electron chi connectivity index (χ0n) is 11.2. The van der Waals surface area contributed by atoms with Crippen LogP contribution in [0.4, 0.5) is 5.69 Å². The van der Waals surface area contributed by atoms with Crippen molar-refractivity contribution >= 4 is 28.3 Å². The molecule has 2 aromatic rings. The van der Waals surface area contributed by atoms with E-state index in [1.165, 1.54) is 14.7 Å². The summed E-state index contributed by atoms with van der Waals surface area (Å²) in [5, 5.41) is 3.56. The standard InChI is InChI=1S/C16H18INO/c1-12-10-14(17)8-9-15(12)18-16(11-19-2)13-6-4-3-5-7-13/h3-10,16,18H,11H2,1-2H3. The zero-order chi connectivity index (χ0) is 13.7. The normalized spacial score (nSPS) is 12.2. The van der Waals surface area contributed by atoms with Gasteiger partial charge in [0.15, 0.2) is 0 Å². The first-order valence-electron chi connectivity index (χ1n) is 6.27. The lowest BCUT2D eigenvalue weighted by Gasteiger charge is -2.21. The number of benzene rings is 2. The van der Waals surface area contributed by atoms with Crippen LogP contribution in [-0.4, -0.2) is 13.7 Å². The number of hydrogen-bond acceptors (Lipinski definition) is 2. The van der Waals surface area contributed by atoms with E-state index in [1.54, 1.807) is 7.11 Å². The zero-order valence-corrected chi connectivity index (χ0v) is 13.3. The molecule has 1 unspecified atom stereocenters. The third-order valence-electron chi connectivity index (χ3n) is 3.05. The van der Waals surface area contributed by atoms with Crippen LogP contribution in [0.1, 0.15) is 17.2 Å². The Labute approximate surface area is 128 Å². The van der Waals surface area contributed by atoms with Crippen LogP contribution in [0.5, 0.6) is 0 Å². The van der Waals surface area contributed by atoms with Crippen molar-refractivity contribution in [3.05, 3.63) is 63.2 Å². The largest absolute Gasteiger partial charge is 0.382 e. The fraction of sp³-hybridized carbons (Fsp3) is 0.250. The number of nitrogens with one attached hydrogen (secondary N) is 1. The van der Waals surface area contributed by atoms with E-state index in [9.17, 15) is 0 Å². The molecule has 0 fully saturated rings. The van der Waals surface area contributed by atoms with Crippen LogP contribution < -0.4 is 5.32 Å². The molecule has 3 heteroatoms. The second-order valence-corrected chi connectivity index (χ2v) is 5.77. The second kappa shape index (κ2) is 6.91. The molecule has 0 radical (unpaired) electrons. The number of aryl methyl sites for hydroxylation is 1. The Bertz CT molecular complexity index is 528. The minimum atomic E-state index is 0.171. The van der Waals surface area contributed by atoms with Gasteiger partial charge in [-0.15, -0.1) is 0 Å². The Kier molecular flexibility index (Phi) is 5.22. The topological polar surface area (TPSA) is 21.3 Å². The predicted octanol–water partition coefficient (Wildman–Crippen LogP) is 4.40. The van der Waals surface area contributed by atoms with Gasteiger partial charge in [0.2, 0.25) is 0 Å². The SMILES string of the molecule is COCC(Nc1ccc(I)cc1C)c1ccccc1. The quantitative estimate of drug-likeness (QED) is 0.791. The highest BCUT2D eigenvalue weighted by atomic mass is 127. The van der Waals surface area contributed by atoms with E-state index >= 15 is 0 Å². The van der Waals surface area contributed by atoms with Crippen LogP contribution in [0.2, 0.25) is 0 Å². The first kappa shape index (κ1) is 14.3. The van der Waals surface area contributed by atoms with Gasteiger partial charge in [-0.05, 0) is 58.8 Å². The summed E-state index contributed by atoms with van der Waals surface area (Å²) in [6.45, 7) is 2.77. The summed E-state index contributed by atoms with van der Waals surface area (Å²) in [6.07, 6.45) is 0.